The molecule has 3 aromatic rings. The van der Waals surface area contributed by atoms with Crippen molar-refractivity contribution in [3.63, 3.8) is 0 Å². The highest BCUT2D eigenvalue weighted by Crippen LogP contribution is 2.09. The first-order valence-electron chi connectivity index (χ1n) is 10.8. The lowest BCUT2D eigenvalue weighted by Crippen LogP contribution is -2.35. The summed E-state index contributed by atoms with van der Waals surface area (Å²) in [5.41, 5.74) is 1.84. The quantitative estimate of drug-likeness (QED) is 0.269. The fourth-order valence-electron chi connectivity index (χ4n) is 3.01. The van der Waals surface area contributed by atoms with Gasteiger partial charge in [0.2, 0.25) is 0 Å². The highest BCUT2D eigenvalue weighted by molar-refractivity contribution is 6.05. The van der Waals surface area contributed by atoms with E-state index in [1.165, 1.54) is 30.3 Å². The number of amides is 2. The molecule has 0 atom stereocenters. The molecule has 2 N–H and O–H groups in total. The number of carbonyl (C=O) groups is 3. The molecule has 0 unspecified atom stereocenters. The monoisotopic (exact) mass is 460 g/mol. The van der Waals surface area contributed by atoms with Gasteiger partial charge in [-0.25, -0.2) is 4.39 Å². The van der Waals surface area contributed by atoms with Gasteiger partial charge in [-0.05, 0) is 47.9 Å². The first-order valence-corrected chi connectivity index (χ1v) is 10.8. The van der Waals surface area contributed by atoms with Crippen LogP contribution in [0.3, 0.4) is 0 Å². The lowest BCUT2D eigenvalue weighted by Gasteiger charge is -2.11. The molecule has 0 saturated heterocycles. The summed E-state index contributed by atoms with van der Waals surface area (Å²) in [5, 5.41) is 5.31. The van der Waals surface area contributed by atoms with Gasteiger partial charge in [0, 0.05) is 18.5 Å². The summed E-state index contributed by atoms with van der Waals surface area (Å²) in [5.74, 6) is -1.74. The van der Waals surface area contributed by atoms with Gasteiger partial charge in [-0.2, -0.15) is 0 Å². The Kier molecular flexibility index (Phi) is 9.10. The van der Waals surface area contributed by atoms with Crippen LogP contribution in [0.15, 0.2) is 90.6 Å². The van der Waals surface area contributed by atoms with Crippen LogP contribution < -0.4 is 10.6 Å². The molecule has 0 fully saturated rings. The second-order valence-corrected chi connectivity index (χ2v) is 7.44. The summed E-state index contributed by atoms with van der Waals surface area (Å²) in [6.45, 7) is 0.406. The first-order chi connectivity index (χ1) is 16.5. The fourth-order valence-corrected chi connectivity index (χ4v) is 3.01. The van der Waals surface area contributed by atoms with Crippen molar-refractivity contribution in [2.45, 2.75) is 19.4 Å². The Hall–Kier alpha value is -4.26. The maximum Gasteiger partial charge on any atom is 0.306 e. The molecule has 3 rings (SSSR count). The van der Waals surface area contributed by atoms with Crippen molar-refractivity contribution in [1.29, 1.82) is 0 Å². The number of ether oxygens (including phenoxy) is 1. The van der Waals surface area contributed by atoms with E-state index in [1.807, 2.05) is 30.3 Å². The van der Waals surface area contributed by atoms with Crippen molar-refractivity contribution < 1.29 is 23.5 Å². The van der Waals surface area contributed by atoms with Crippen molar-refractivity contribution in [1.82, 2.24) is 10.6 Å². The maximum absolute atomic E-state index is 13.2. The summed E-state index contributed by atoms with van der Waals surface area (Å²) >= 11 is 0. The number of hydrogen-bond acceptors (Lipinski definition) is 4. The summed E-state index contributed by atoms with van der Waals surface area (Å²) in [7, 11) is 0. The second kappa shape index (κ2) is 12.7. The van der Waals surface area contributed by atoms with Crippen LogP contribution >= 0.6 is 0 Å². The molecule has 0 spiro atoms. The lowest BCUT2D eigenvalue weighted by atomic mass is 10.1. The molecule has 0 aliphatic rings. The van der Waals surface area contributed by atoms with Gasteiger partial charge >= 0.3 is 5.97 Å². The number of carbonyl (C=O) groups excluding carboxylic acids is 3. The minimum absolute atomic E-state index is 0.00659. The van der Waals surface area contributed by atoms with E-state index in [1.54, 1.807) is 30.3 Å². The van der Waals surface area contributed by atoms with Gasteiger partial charge in [0.25, 0.3) is 11.8 Å². The van der Waals surface area contributed by atoms with E-state index in [4.69, 9.17) is 4.74 Å². The number of halogens is 1. The molecule has 0 bridgehead atoms. The third-order valence-corrected chi connectivity index (χ3v) is 4.80. The van der Waals surface area contributed by atoms with Crippen LogP contribution in [0.4, 0.5) is 4.39 Å². The van der Waals surface area contributed by atoms with Gasteiger partial charge in [-0.1, -0.05) is 60.7 Å². The lowest BCUT2D eigenvalue weighted by molar-refractivity contribution is -0.145. The minimum atomic E-state index is -0.522. The Balaban J connectivity index is 1.54. The van der Waals surface area contributed by atoms with Crippen LogP contribution in [0.2, 0.25) is 0 Å². The Morgan fingerprint density at radius 2 is 1.50 bits per heavy atom. The zero-order valence-electron chi connectivity index (χ0n) is 18.5. The van der Waals surface area contributed by atoms with Crippen molar-refractivity contribution in [3.05, 3.63) is 113 Å². The molecule has 0 aromatic heterocycles. The van der Waals surface area contributed by atoms with Crippen LogP contribution in [0.1, 0.15) is 34.3 Å². The molecular formula is C27H25FN2O4. The molecule has 0 aliphatic carbocycles. The highest BCUT2D eigenvalue weighted by atomic mass is 19.1. The zero-order chi connectivity index (χ0) is 24.2. The minimum Gasteiger partial charge on any atom is -0.461 e. The average molecular weight is 461 g/mol. The van der Waals surface area contributed by atoms with Crippen molar-refractivity contribution in [3.8, 4) is 0 Å². The molecule has 174 valence electrons. The molecule has 0 saturated carbocycles. The third kappa shape index (κ3) is 8.02. The number of benzene rings is 3. The standard InChI is InChI=1S/C27H25FN2O4/c28-23-15-13-20(14-16-23)18-24(30-26(32)22-10-5-2-6-11-22)27(33)29-17-7-12-25(31)34-19-21-8-3-1-4-9-21/h1-6,8-11,13-16,18H,7,12,17,19H2,(H,29,33)(H,30,32). The van der Waals surface area contributed by atoms with Crippen LogP contribution in [-0.4, -0.2) is 24.3 Å². The average Bonchev–Trinajstić information content (AvgIpc) is 2.87. The van der Waals surface area contributed by atoms with E-state index >= 15 is 0 Å². The molecule has 0 radical (unpaired) electrons. The Bertz CT molecular complexity index is 1130. The smallest absolute Gasteiger partial charge is 0.306 e. The predicted octanol–water partition coefficient (Wildman–Crippen LogP) is 4.24. The largest absolute Gasteiger partial charge is 0.461 e. The second-order valence-electron chi connectivity index (χ2n) is 7.44. The summed E-state index contributed by atoms with van der Waals surface area (Å²) in [6, 6.07) is 23.4. The number of rotatable bonds is 10. The predicted molar refractivity (Wildman–Crippen MR) is 127 cm³/mol. The normalized spacial score (nSPS) is 10.9. The first kappa shape index (κ1) is 24.4. The maximum atomic E-state index is 13.2. The number of nitrogens with one attached hydrogen (secondary N) is 2. The fraction of sp³-hybridized carbons (Fsp3) is 0.148. The zero-order valence-corrected chi connectivity index (χ0v) is 18.5. The third-order valence-electron chi connectivity index (χ3n) is 4.80. The van der Waals surface area contributed by atoms with E-state index in [0.29, 0.717) is 17.5 Å². The molecular weight excluding hydrogens is 435 g/mol. The molecule has 2 amide bonds. The molecule has 3 aromatic carbocycles. The number of esters is 1. The topological polar surface area (TPSA) is 84.5 Å². The van der Waals surface area contributed by atoms with Gasteiger partial charge in [0.05, 0.1) is 0 Å². The summed E-state index contributed by atoms with van der Waals surface area (Å²) < 4.78 is 18.5. The van der Waals surface area contributed by atoms with E-state index in [0.717, 1.165) is 5.56 Å². The van der Waals surface area contributed by atoms with Gasteiger partial charge in [0.15, 0.2) is 0 Å². The van der Waals surface area contributed by atoms with Crippen LogP contribution in [0, 0.1) is 5.82 Å². The molecule has 6 nitrogen and oxygen atoms in total. The molecule has 0 aliphatic heterocycles. The van der Waals surface area contributed by atoms with Gasteiger partial charge < -0.3 is 15.4 Å². The number of hydrogen-bond donors (Lipinski definition) is 2. The SMILES string of the molecule is O=C(CCCNC(=O)C(=Cc1ccc(F)cc1)NC(=O)c1ccccc1)OCc1ccccc1. The summed E-state index contributed by atoms with van der Waals surface area (Å²) in [4.78, 5) is 37.2. The van der Waals surface area contributed by atoms with Crippen LogP contribution in [-0.2, 0) is 20.9 Å². The van der Waals surface area contributed by atoms with Gasteiger partial charge in [-0.15, -0.1) is 0 Å². The highest BCUT2D eigenvalue weighted by Gasteiger charge is 2.15. The van der Waals surface area contributed by atoms with E-state index in [9.17, 15) is 18.8 Å². The van der Waals surface area contributed by atoms with E-state index < -0.39 is 17.6 Å². The van der Waals surface area contributed by atoms with E-state index in [2.05, 4.69) is 10.6 Å². The van der Waals surface area contributed by atoms with E-state index in [-0.39, 0.29) is 31.2 Å². The summed E-state index contributed by atoms with van der Waals surface area (Å²) in [6.07, 6.45) is 1.97. The van der Waals surface area contributed by atoms with Crippen molar-refractivity contribution in [2.24, 2.45) is 0 Å². The Labute approximate surface area is 197 Å². The molecule has 0 heterocycles. The van der Waals surface area contributed by atoms with Gasteiger partial charge in [-0.3, -0.25) is 14.4 Å². The van der Waals surface area contributed by atoms with Crippen molar-refractivity contribution >= 4 is 23.9 Å². The van der Waals surface area contributed by atoms with Crippen molar-refractivity contribution in [2.75, 3.05) is 6.54 Å². The molecule has 34 heavy (non-hydrogen) atoms. The Morgan fingerprint density at radius 3 is 2.18 bits per heavy atom. The van der Waals surface area contributed by atoms with Crippen LogP contribution in [0.25, 0.3) is 6.08 Å². The van der Waals surface area contributed by atoms with Crippen LogP contribution in [0.5, 0.6) is 0 Å². The Morgan fingerprint density at radius 1 is 0.853 bits per heavy atom. The van der Waals surface area contributed by atoms with Gasteiger partial charge in [0.1, 0.15) is 18.1 Å². The molecule has 7 heteroatoms.